The Kier molecular flexibility index (Phi) is 7.04. The molecule has 0 saturated heterocycles. The molecule has 1 amide bonds. The number of amides is 1. The topological polar surface area (TPSA) is 89.5 Å². The summed E-state index contributed by atoms with van der Waals surface area (Å²) in [4.78, 5) is 22.9. The molecule has 0 aliphatic rings. The van der Waals surface area contributed by atoms with Gasteiger partial charge in [-0.1, -0.05) is 6.42 Å². The zero-order valence-electron chi connectivity index (χ0n) is 12.8. The Morgan fingerprint density at radius 3 is 2.27 bits per heavy atom. The molecule has 0 saturated carbocycles. The van der Waals surface area contributed by atoms with E-state index in [4.69, 9.17) is 0 Å². The van der Waals surface area contributed by atoms with Crippen molar-refractivity contribution in [2.45, 2.75) is 30.6 Å². The van der Waals surface area contributed by atoms with Gasteiger partial charge in [0.15, 0.2) is 9.84 Å². The summed E-state index contributed by atoms with van der Waals surface area (Å²) in [6, 6.07) is 5.81. The number of esters is 1. The number of sulfone groups is 1. The van der Waals surface area contributed by atoms with E-state index < -0.39 is 9.84 Å². The highest BCUT2D eigenvalue weighted by molar-refractivity contribution is 7.90. The lowest BCUT2D eigenvalue weighted by Crippen LogP contribution is -2.24. The summed E-state index contributed by atoms with van der Waals surface area (Å²) >= 11 is 0. The lowest BCUT2D eigenvalue weighted by atomic mass is 10.2. The lowest BCUT2D eigenvalue weighted by molar-refractivity contribution is -0.140. The van der Waals surface area contributed by atoms with Crippen molar-refractivity contribution in [2.75, 3.05) is 19.9 Å². The van der Waals surface area contributed by atoms with Crippen molar-refractivity contribution in [3.05, 3.63) is 29.8 Å². The van der Waals surface area contributed by atoms with Gasteiger partial charge in [0.25, 0.3) is 5.91 Å². The standard InChI is InChI=1S/C15H21NO5S/c1-21-14(17)6-4-3-5-11-16-15(18)12-7-9-13(10-8-12)22(2,19)20/h7-10H,3-6,11H2,1-2H3,(H,16,18). The van der Waals surface area contributed by atoms with Crippen LogP contribution < -0.4 is 5.32 Å². The molecule has 0 radical (unpaired) electrons. The van der Waals surface area contributed by atoms with Crippen molar-refractivity contribution in [1.82, 2.24) is 5.32 Å². The molecule has 1 aromatic rings. The van der Waals surface area contributed by atoms with Gasteiger partial charge in [-0.15, -0.1) is 0 Å². The first-order chi connectivity index (χ1) is 10.3. The zero-order chi connectivity index (χ0) is 16.6. The van der Waals surface area contributed by atoms with E-state index in [1.54, 1.807) is 0 Å². The SMILES string of the molecule is COC(=O)CCCCCNC(=O)c1ccc(S(C)(=O)=O)cc1. The Balaban J connectivity index is 2.32. The van der Waals surface area contributed by atoms with Crippen LogP contribution in [-0.2, 0) is 19.4 Å². The zero-order valence-corrected chi connectivity index (χ0v) is 13.6. The average Bonchev–Trinajstić information content (AvgIpc) is 2.49. The molecule has 1 N–H and O–H groups in total. The normalized spacial score (nSPS) is 11.0. The maximum absolute atomic E-state index is 11.9. The third kappa shape index (κ3) is 6.26. The maximum Gasteiger partial charge on any atom is 0.305 e. The van der Waals surface area contributed by atoms with E-state index in [1.165, 1.54) is 31.4 Å². The summed E-state index contributed by atoms with van der Waals surface area (Å²) in [6.07, 6.45) is 3.83. The van der Waals surface area contributed by atoms with Crippen LogP contribution in [0.3, 0.4) is 0 Å². The number of ether oxygens (including phenoxy) is 1. The van der Waals surface area contributed by atoms with Crippen LogP contribution in [-0.4, -0.2) is 40.2 Å². The molecule has 0 unspecified atom stereocenters. The van der Waals surface area contributed by atoms with Gasteiger partial charge in [-0.3, -0.25) is 9.59 Å². The highest BCUT2D eigenvalue weighted by atomic mass is 32.2. The van der Waals surface area contributed by atoms with Gasteiger partial charge in [0.2, 0.25) is 0 Å². The molecule has 22 heavy (non-hydrogen) atoms. The van der Waals surface area contributed by atoms with Crippen LogP contribution in [0.1, 0.15) is 36.0 Å². The molecule has 0 heterocycles. The van der Waals surface area contributed by atoms with Gasteiger partial charge < -0.3 is 10.1 Å². The molecule has 0 spiro atoms. The van der Waals surface area contributed by atoms with Crippen LogP contribution in [0.15, 0.2) is 29.2 Å². The molecule has 0 aliphatic heterocycles. The van der Waals surface area contributed by atoms with E-state index in [-0.39, 0.29) is 16.8 Å². The predicted molar refractivity (Wildman–Crippen MR) is 82.4 cm³/mol. The van der Waals surface area contributed by atoms with Crippen LogP contribution in [0, 0.1) is 0 Å². The van der Waals surface area contributed by atoms with Crippen molar-refractivity contribution in [2.24, 2.45) is 0 Å². The molecular weight excluding hydrogens is 306 g/mol. The van der Waals surface area contributed by atoms with Gasteiger partial charge in [0.05, 0.1) is 12.0 Å². The molecule has 1 rings (SSSR count). The third-order valence-corrected chi connectivity index (χ3v) is 4.24. The van der Waals surface area contributed by atoms with Crippen molar-refractivity contribution in [3.8, 4) is 0 Å². The predicted octanol–water partition coefficient (Wildman–Crippen LogP) is 1.55. The first-order valence-electron chi connectivity index (χ1n) is 6.99. The molecule has 0 bridgehead atoms. The minimum absolute atomic E-state index is 0.187. The van der Waals surface area contributed by atoms with E-state index in [0.717, 1.165) is 25.5 Å². The largest absolute Gasteiger partial charge is 0.469 e. The Labute approximate surface area is 130 Å². The van der Waals surface area contributed by atoms with Crippen molar-refractivity contribution >= 4 is 21.7 Å². The van der Waals surface area contributed by atoms with Crippen LogP contribution in [0.25, 0.3) is 0 Å². The monoisotopic (exact) mass is 327 g/mol. The number of unbranched alkanes of at least 4 members (excludes halogenated alkanes) is 2. The van der Waals surface area contributed by atoms with E-state index in [0.29, 0.717) is 18.5 Å². The Hall–Kier alpha value is -1.89. The van der Waals surface area contributed by atoms with E-state index in [9.17, 15) is 18.0 Å². The first-order valence-corrected chi connectivity index (χ1v) is 8.89. The van der Waals surface area contributed by atoms with Crippen molar-refractivity contribution in [3.63, 3.8) is 0 Å². The van der Waals surface area contributed by atoms with Crippen LogP contribution >= 0.6 is 0 Å². The summed E-state index contributed by atoms with van der Waals surface area (Å²) in [5, 5.41) is 2.75. The quantitative estimate of drug-likeness (QED) is 0.578. The number of hydrogen-bond acceptors (Lipinski definition) is 5. The fourth-order valence-electron chi connectivity index (χ4n) is 1.83. The summed E-state index contributed by atoms with van der Waals surface area (Å²) in [5.74, 6) is -0.469. The number of carbonyl (C=O) groups excluding carboxylic acids is 2. The highest BCUT2D eigenvalue weighted by Gasteiger charge is 2.09. The van der Waals surface area contributed by atoms with E-state index in [2.05, 4.69) is 10.1 Å². The number of methoxy groups -OCH3 is 1. The molecule has 122 valence electrons. The molecule has 0 atom stereocenters. The molecule has 6 nitrogen and oxygen atoms in total. The maximum atomic E-state index is 11.9. The van der Waals surface area contributed by atoms with Crippen LogP contribution in [0.2, 0.25) is 0 Å². The summed E-state index contributed by atoms with van der Waals surface area (Å²) < 4.78 is 27.2. The van der Waals surface area contributed by atoms with Gasteiger partial charge in [0, 0.05) is 24.8 Å². The van der Waals surface area contributed by atoms with Gasteiger partial charge >= 0.3 is 5.97 Å². The minimum atomic E-state index is -3.25. The Morgan fingerprint density at radius 1 is 1.09 bits per heavy atom. The molecule has 0 aromatic heterocycles. The summed E-state index contributed by atoms with van der Waals surface area (Å²) in [5.41, 5.74) is 0.418. The fourth-order valence-corrected chi connectivity index (χ4v) is 2.46. The molecule has 7 heteroatoms. The highest BCUT2D eigenvalue weighted by Crippen LogP contribution is 2.10. The van der Waals surface area contributed by atoms with Gasteiger partial charge in [-0.05, 0) is 37.1 Å². The van der Waals surface area contributed by atoms with Gasteiger partial charge in [-0.2, -0.15) is 0 Å². The third-order valence-electron chi connectivity index (χ3n) is 3.12. The van der Waals surface area contributed by atoms with E-state index in [1.807, 2.05) is 0 Å². The first kappa shape index (κ1) is 18.2. The molecule has 1 aromatic carbocycles. The lowest BCUT2D eigenvalue weighted by Gasteiger charge is -2.06. The average molecular weight is 327 g/mol. The second-order valence-corrected chi connectivity index (χ2v) is 6.95. The fraction of sp³-hybridized carbons (Fsp3) is 0.467. The van der Waals surface area contributed by atoms with Crippen LogP contribution in [0.5, 0.6) is 0 Å². The smallest absolute Gasteiger partial charge is 0.305 e. The van der Waals surface area contributed by atoms with E-state index >= 15 is 0 Å². The van der Waals surface area contributed by atoms with Gasteiger partial charge in [-0.25, -0.2) is 8.42 Å². The number of nitrogens with one attached hydrogen (secondary N) is 1. The molecule has 0 fully saturated rings. The summed E-state index contributed by atoms with van der Waals surface area (Å²) in [6.45, 7) is 0.508. The molecular formula is C15H21NO5S. The van der Waals surface area contributed by atoms with Crippen molar-refractivity contribution < 1.29 is 22.7 Å². The Morgan fingerprint density at radius 2 is 1.73 bits per heavy atom. The number of hydrogen-bond donors (Lipinski definition) is 1. The second-order valence-electron chi connectivity index (χ2n) is 4.94. The summed E-state index contributed by atoms with van der Waals surface area (Å²) in [7, 11) is -1.89. The number of benzene rings is 1. The number of rotatable bonds is 8. The minimum Gasteiger partial charge on any atom is -0.469 e. The van der Waals surface area contributed by atoms with Crippen molar-refractivity contribution in [1.29, 1.82) is 0 Å². The molecule has 0 aliphatic carbocycles. The van der Waals surface area contributed by atoms with Gasteiger partial charge in [0.1, 0.15) is 0 Å². The number of carbonyl (C=O) groups is 2. The van der Waals surface area contributed by atoms with Crippen LogP contribution in [0.4, 0.5) is 0 Å². The second kappa shape index (κ2) is 8.53. The Bertz CT molecular complexity index is 607.